The van der Waals surface area contributed by atoms with Gasteiger partial charge in [-0.05, 0) is 43.7 Å². The predicted octanol–water partition coefficient (Wildman–Crippen LogP) is 4.46. The van der Waals surface area contributed by atoms with Crippen LogP contribution in [0.2, 0.25) is 0 Å². The maximum atomic E-state index is 12.0. The van der Waals surface area contributed by atoms with Gasteiger partial charge in [0.1, 0.15) is 5.75 Å². The minimum atomic E-state index is -0.525. The number of fused-ring (bicyclic) bond motifs is 1. The van der Waals surface area contributed by atoms with Crippen LogP contribution < -0.4 is 10.1 Å². The average Bonchev–Trinajstić information content (AvgIpc) is 2.49. The highest BCUT2D eigenvalue weighted by Gasteiger charge is 2.09. The fraction of sp³-hybridized carbons (Fsp3) is 0.111. The zero-order chi connectivity index (χ0) is 15.5. The van der Waals surface area contributed by atoms with Crippen LogP contribution in [0, 0.1) is 13.8 Å². The number of carbonyl (C=O) groups is 1. The first-order valence-electron chi connectivity index (χ1n) is 7.04. The third-order valence-electron chi connectivity index (χ3n) is 3.35. The molecule has 3 rings (SSSR count). The van der Waals surface area contributed by atoms with Crippen molar-refractivity contribution in [2.24, 2.45) is 0 Å². The van der Waals surface area contributed by atoms with E-state index in [-0.39, 0.29) is 0 Å². The number of amides is 1. The fourth-order valence-electron chi connectivity index (χ4n) is 2.23. The van der Waals surface area contributed by atoms with E-state index >= 15 is 0 Å². The van der Waals surface area contributed by atoms with Gasteiger partial charge in [-0.25, -0.2) is 4.79 Å². The molecule has 4 nitrogen and oxygen atoms in total. The number of aromatic nitrogens is 1. The molecule has 3 aromatic rings. The molecule has 0 bridgehead atoms. The Morgan fingerprint density at radius 3 is 2.59 bits per heavy atom. The van der Waals surface area contributed by atoms with Gasteiger partial charge in [0.2, 0.25) is 0 Å². The van der Waals surface area contributed by atoms with Crippen molar-refractivity contribution in [2.75, 3.05) is 5.32 Å². The Bertz CT molecular complexity index is 829. The molecule has 0 aliphatic rings. The van der Waals surface area contributed by atoms with Crippen molar-refractivity contribution in [3.8, 4) is 5.75 Å². The molecular weight excluding hydrogens is 276 g/mol. The summed E-state index contributed by atoms with van der Waals surface area (Å²) in [4.78, 5) is 16.5. The number of aryl methyl sites for hydroxylation is 2. The standard InChI is InChI=1S/C18H16N2O2/c1-12-8-9-14-11-16(13(2)19-17(14)10-12)20-18(21)22-15-6-4-3-5-7-15/h3-11H,1-2H3,(H,20,21). The van der Waals surface area contributed by atoms with Crippen LogP contribution in [0.1, 0.15) is 11.3 Å². The lowest BCUT2D eigenvalue weighted by atomic mass is 10.1. The summed E-state index contributed by atoms with van der Waals surface area (Å²) < 4.78 is 5.23. The summed E-state index contributed by atoms with van der Waals surface area (Å²) in [5.74, 6) is 0.502. The number of nitrogens with zero attached hydrogens (tertiary/aromatic N) is 1. The van der Waals surface area contributed by atoms with E-state index < -0.39 is 6.09 Å². The summed E-state index contributed by atoms with van der Waals surface area (Å²) in [6.07, 6.45) is -0.525. The highest BCUT2D eigenvalue weighted by Crippen LogP contribution is 2.22. The van der Waals surface area contributed by atoms with Crippen molar-refractivity contribution >= 4 is 22.7 Å². The number of ether oxygens (including phenoxy) is 1. The van der Waals surface area contributed by atoms with E-state index in [4.69, 9.17) is 4.74 Å². The van der Waals surface area contributed by atoms with Gasteiger partial charge in [0.25, 0.3) is 0 Å². The molecule has 0 spiro atoms. The van der Waals surface area contributed by atoms with Crippen LogP contribution in [-0.4, -0.2) is 11.1 Å². The third kappa shape index (κ3) is 3.06. The van der Waals surface area contributed by atoms with E-state index in [1.54, 1.807) is 12.1 Å². The normalized spacial score (nSPS) is 10.5. The SMILES string of the molecule is Cc1ccc2cc(NC(=O)Oc3ccccc3)c(C)nc2c1. The average molecular weight is 292 g/mol. The molecule has 0 atom stereocenters. The summed E-state index contributed by atoms with van der Waals surface area (Å²) in [5, 5.41) is 3.72. The summed E-state index contributed by atoms with van der Waals surface area (Å²) in [6, 6.07) is 16.9. The highest BCUT2D eigenvalue weighted by molar-refractivity contribution is 5.91. The van der Waals surface area contributed by atoms with Crippen molar-refractivity contribution in [3.05, 3.63) is 65.9 Å². The van der Waals surface area contributed by atoms with Gasteiger partial charge in [-0.3, -0.25) is 10.3 Å². The number of nitrogens with one attached hydrogen (secondary N) is 1. The minimum Gasteiger partial charge on any atom is -0.410 e. The maximum Gasteiger partial charge on any atom is 0.417 e. The highest BCUT2D eigenvalue weighted by atomic mass is 16.6. The molecule has 4 heteroatoms. The number of anilines is 1. The lowest BCUT2D eigenvalue weighted by molar-refractivity contribution is 0.215. The monoisotopic (exact) mass is 292 g/mol. The fourth-order valence-corrected chi connectivity index (χ4v) is 2.23. The van der Waals surface area contributed by atoms with Crippen molar-refractivity contribution < 1.29 is 9.53 Å². The lowest BCUT2D eigenvalue weighted by Crippen LogP contribution is -2.17. The van der Waals surface area contributed by atoms with Crippen LogP contribution in [0.5, 0.6) is 5.75 Å². The Kier molecular flexibility index (Phi) is 3.74. The van der Waals surface area contributed by atoms with E-state index in [1.165, 1.54) is 0 Å². The molecule has 22 heavy (non-hydrogen) atoms. The molecule has 0 unspecified atom stereocenters. The van der Waals surface area contributed by atoms with Gasteiger partial charge < -0.3 is 4.74 Å². The van der Waals surface area contributed by atoms with Crippen molar-refractivity contribution in [1.29, 1.82) is 0 Å². The molecule has 1 N–H and O–H groups in total. The molecule has 0 aliphatic heterocycles. The van der Waals surface area contributed by atoms with Crippen molar-refractivity contribution in [3.63, 3.8) is 0 Å². The topological polar surface area (TPSA) is 51.2 Å². The number of pyridine rings is 1. The summed E-state index contributed by atoms with van der Waals surface area (Å²) in [5.41, 5.74) is 3.48. The number of hydrogen-bond donors (Lipinski definition) is 1. The van der Waals surface area contributed by atoms with E-state index in [2.05, 4.69) is 10.3 Å². The van der Waals surface area contributed by atoms with Crippen LogP contribution >= 0.6 is 0 Å². The molecule has 1 aromatic heterocycles. The van der Waals surface area contributed by atoms with E-state index in [0.29, 0.717) is 11.4 Å². The molecule has 0 radical (unpaired) electrons. The van der Waals surface area contributed by atoms with Crippen LogP contribution in [0.3, 0.4) is 0 Å². The van der Waals surface area contributed by atoms with E-state index in [0.717, 1.165) is 22.2 Å². The number of benzene rings is 2. The minimum absolute atomic E-state index is 0.502. The Hall–Kier alpha value is -2.88. The molecule has 110 valence electrons. The van der Waals surface area contributed by atoms with Gasteiger partial charge in [-0.2, -0.15) is 0 Å². The van der Waals surface area contributed by atoms with Crippen LogP contribution in [0.25, 0.3) is 10.9 Å². The molecule has 1 amide bonds. The summed E-state index contributed by atoms with van der Waals surface area (Å²) in [6.45, 7) is 3.89. The largest absolute Gasteiger partial charge is 0.417 e. The van der Waals surface area contributed by atoms with Crippen LogP contribution in [0.4, 0.5) is 10.5 Å². The predicted molar refractivity (Wildman–Crippen MR) is 87.3 cm³/mol. The van der Waals surface area contributed by atoms with Gasteiger partial charge in [0, 0.05) is 5.39 Å². The molecule has 0 saturated carbocycles. The molecule has 0 aliphatic carbocycles. The van der Waals surface area contributed by atoms with Gasteiger partial charge in [-0.1, -0.05) is 30.3 Å². The molecular formula is C18H16N2O2. The summed E-state index contributed by atoms with van der Waals surface area (Å²) >= 11 is 0. The second-order valence-electron chi connectivity index (χ2n) is 5.15. The zero-order valence-corrected chi connectivity index (χ0v) is 12.5. The Morgan fingerprint density at radius 1 is 1.05 bits per heavy atom. The quantitative estimate of drug-likeness (QED) is 0.758. The smallest absolute Gasteiger partial charge is 0.410 e. The molecule has 0 fully saturated rings. The molecule has 2 aromatic carbocycles. The van der Waals surface area contributed by atoms with E-state index in [9.17, 15) is 4.79 Å². The van der Waals surface area contributed by atoms with Crippen molar-refractivity contribution in [2.45, 2.75) is 13.8 Å². The molecule has 0 saturated heterocycles. The molecule has 1 heterocycles. The number of carbonyl (C=O) groups excluding carboxylic acids is 1. The first-order valence-corrected chi connectivity index (χ1v) is 7.04. The van der Waals surface area contributed by atoms with Gasteiger partial charge in [-0.15, -0.1) is 0 Å². The van der Waals surface area contributed by atoms with Gasteiger partial charge >= 0.3 is 6.09 Å². The first kappa shape index (κ1) is 14.1. The number of para-hydroxylation sites is 1. The lowest BCUT2D eigenvalue weighted by Gasteiger charge is -2.10. The second-order valence-corrected chi connectivity index (χ2v) is 5.15. The third-order valence-corrected chi connectivity index (χ3v) is 3.35. The number of hydrogen-bond acceptors (Lipinski definition) is 3. The van der Waals surface area contributed by atoms with Crippen LogP contribution in [-0.2, 0) is 0 Å². The second kappa shape index (κ2) is 5.85. The summed E-state index contributed by atoms with van der Waals surface area (Å²) in [7, 11) is 0. The number of rotatable bonds is 2. The first-order chi connectivity index (χ1) is 10.6. The van der Waals surface area contributed by atoms with Crippen LogP contribution in [0.15, 0.2) is 54.6 Å². The van der Waals surface area contributed by atoms with Crippen molar-refractivity contribution in [1.82, 2.24) is 4.98 Å². The Balaban J connectivity index is 1.82. The maximum absolute atomic E-state index is 12.0. The van der Waals surface area contributed by atoms with Gasteiger partial charge in [0.15, 0.2) is 0 Å². The van der Waals surface area contributed by atoms with Gasteiger partial charge in [0.05, 0.1) is 16.9 Å². The zero-order valence-electron chi connectivity index (χ0n) is 12.5. The Labute approximate surface area is 128 Å². The van der Waals surface area contributed by atoms with E-state index in [1.807, 2.05) is 56.3 Å². The Morgan fingerprint density at radius 2 is 1.82 bits per heavy atom.